The molecule has 0 bridgehead atoms. The zero-order valence-corrected chi connectivity index (χ0v) is 12.3. The minimum Gasteiger partial charge on any atom is -0.379 e. The number of benzene rings is 1. The number of nitrogens with one attached hydrogen (secondary N) is 1. The van der Waals surface area contributed by atoms with Crippen molar-refractivity contribution in [2.45, 2.75) is 13.0 Å². The molecule has 110 valence electrons. The molecule has 0 radical (unpaired) electrons. The van der Waals surface area contributed by atoms with Crippen molar-refractivity contribution in [1.82, 2.24) is 10.2 Å². The third kappa shape index (κ3) is 3.14. The van der Waals surface area contributed by atoms with Crippen LogP contribution in [-0.4, -0.2) is 57.4 Å². The van der Waals surface area contributed by atoms with Gasteiger partial charge in [0.15, 0.2) is 0 Å². The smallest absolute Gasteiger partial charge is 0.0594 e. The fourth-order valence-electron chi connectivity index (χ4n) is 3.08. The molecule has 4 heteroatoms. The number of hydrogen-bond donors (Lipinski definition) is 1. The molecule has 2 aliphatic heterocycles. The van der Waals surface area contributed by atoms with Gasteiger partial charge in [-0.05, 0) is 24.6 Å². The SMILES string of the molecule is CC(c1cccc(N2CCNCC2)c1)N1CCOCC1. The third-order valence-corrected chi connectivity index (χ3v) is 4.43. The second kappa shape index (κ2) is 6.57. The van der Waals surface area contributed by atoms with E-state index in [-0.39, 0.29) is 0 Å². The lowest BCUT2D eigenvalue weighted by atomic mass is 10.1. The Bertz CT molecular complexity index is 425. The van der Waals surface area contributed by atoms with Crippen LogP contribution in [0.5, 0.6) is 0 Å². The molecule has 2 saturated heterocycles. The number of morpholine rings is 1. The molecule has 0 aromatic heterocycles. The van der Waals surface area contributed by atoms with Crippen LogP contribution in [0.2, 0.25) is 0 Å². The van der Waals surface area contributed by atoms with E-state index in [1.54, 1.807) is 0 Å². The number of hydrogen-bond acceptors (Lipinski definition) is 4. The summed E-state index contributed by atoms with van der Waals surface area (Å²) in [6, 6.07) is 9.53. The Morgan fingerprint density at radius 3 is 2.60 bits per heavy atom. The monoisotopic (exact) mass is 275 g/mol. The summed E-state index contributed by atoms with van der Waals surface area (Å²) in [7, 11) is 0. The molecule has 0 spiro atoms. The predicted octanol–water partition coefficient (Wildman–Crippen LogP) is 1.49. The van der Waals surface area contributed by atoms with E-state index in [0.29, 0.717) is 6.04 Å². The van der Waals surface area contributed by atoms with Crippen LogP contribution in [0, 0.1) is 0 Å². The standard InChI is InChI=1S/C16H25N3O/c1-14(18-9-11-20-12-10-18)15-3-2-4-16(13-15)19-7-5-17-6-8-19/h2-4,13-14,17H,5-12H2,1H3. The first-order valence-corrected chi connectivity index (χ1v) is 7.72. The van der Waals surface area contributed by atoms with Crippen molar-refractivity contribution in [1.29, 1.82) is 0 Å². The van der Waals surface area contributed by atoms with Gasteiger partial charge in [-0.2, -0.15) is 0 Å². The van der Waals surface area contributed by atoms with Gasteiger partial charge in [0, 0.05) is 51.0 Å². The summed E-state index contributed by atoms with van der Waals surface area (Å²) >= 11 is 0. The Morgan fingerprint density at radius 1 is 1.10 bits per heavy atom. The lowest BCUT2D eigenvalue weighted by Crippen LogP contribution is -2.43. The average Bonchev–Trinajstić information content (AvgIpc) is 2.56. The fourth-order valence-corrected chi connectivity index (χ4v) is 3.08. The molecule has 1 aromatic rings. The topological polar surface area (TPSA) is 27.7 Å². The van der Waals surface area contributed by atoms with Gasteiger partial charge in [-0.1, -0.05) is 12.1 Å². The first-order valence-electron chi connectivity index (χ1n) is 7.72. The maximum Gasteiger partial charge on any atom is 0.0594 e. The van der Waals surface area contributed by atoms with Gasteiger partial charge < -0.3 is 15.0 Å². The van der Waals surface area contributed by atoms with Crippen molar-refractivity contribution in [3.8, 4) is 0 Å². The van der Waals surface area contributed by atoms with E-state index in [2.05, 4.69) is 46.3 Å². The van der Waals surface area contributed by atoms with E-state index < -0.39 is 0 Å². The Morgan fingerprint density at radius 2 is 1.85 bits per heavy atom. The van der Waals surface area contributed by atoms with Gasteiger partial charge in [0.25, 0.3) is 0 Å². The second-order valence-electron chi connectivity index (χ2n) is 5.66. The van der Waals surface area contributed by atoms with Gasteiger partial charge in [0.2, 0.25) is 0 Å². The molecule has 1 aromatic carbocycles. The molecule has 2 fully saturated rings. The molecule has 3 rings (SSSR count). The van der Waals surface area contributed by atoms with Gasteiger partial charge in [-0.25, -0.2) is 0 Å². The Hall–Kier alpha value is -1.10. The van der Waals surface area contributed by atoms with Crippen molar-refractivity contribution in [2.75, 3.05) is 57.4 Å². The van der Waals surface area contributed by atoms with Crippen molar-refractivity contribution in [3.63, 3.8) is 0 Å². The van der Waals surface area contributed by atoms with Crippen molar-refractivity contribution in [2.24, 2.45) is 0 Å². The molecule has 2 heterocycles. The molecule has 0 saturated carbocycles. The largest absolute Gasteiger partial charge is 0.379 e. The van der Waals surface area contributed by atoms with E-state index in [9.17, 15) is 0 Å². The summed E-state index contributed by atoms with van der Waals surface area (Å²) in [5, 5.41) is 3.41. The first kappa shape index (κ1) is 13.9. The lowest BCUT2D eigenvalue weighted by molar-refractivity contribution is 0.0198. The fraction of sp³-hybridized carbons (Fsp3) is 0.625. The first-order chi connectivity index (χ1) is 9.84. The van der Waals surface area contributed by atoms with Gasteiger partial charge in [-0.3, -0.25) is 4.90 Å². The average molecular weight is 275 g/mol. The Labute approximate surface area is 121 Å². The minimum absolute atomic E-state index is 0.474. The highest BCUT2D eigenvalue weighted by molar-refractivity contribution is 5.49. The Kier molecular flexibility index (Phi) is 4.55. The van der Waals surface area contributed by atoms with Crippen molar-refractivity contribution in [3.05, 3.63) is 29.8 Å². The molecule has 0 amide bonds. The maximum atomic E-state index is 5.45. The number of anilines is 1. The van der Waals surface area contributed by atoms with Crippen molar-refractivity contribution >= 4 is 5.69 Å². The molecule has 1 N–H and O–H groups in total. The summed E-state index contributed by atoms with van der Waals surface area (Å²) < 4.78 is 5.45. The quantitative estimate of drug-likeness (QED) is 0.904. The minimum atomic E-state index is 0.474. The highest BCUT2D eigenvalue weighted by Crippen LogP contribution is 2.25. The molecule has 20 heavy (non-hydrogen) atoms. The van der Waals surface area contributed by atoms with Crippen LogP contribution >= 0.6 is 0 Å². The number of piperazine rings is 1. The number of nitrogens with zero attached hydrogens (tertiary/aromatic N) is 2. The van der Waals surface area contributed by atoms with Crippen LogP contribution in [0.4, 0.5) is 5.69 Å². The van der Waals surface area contributed by atoms with E-state index in [1.165, 1.54) is 11.3 Å². The summed E-state index contributed by atoms with van der Waals surface area (Å²) in [4.78, 5) is 4.99. The van der Waals surface area contributed by atoms with Gasteiger partial charge >= 0.3 is 0 Å². The molecule has 1 unspecified atom stereocenters. The highest BCUT2D eigenvalue weighted by Gasteiger charge is 2.19. The van der Waals surface area contributed by atoms with Crippen LogP contribution in [0.3, 0.4) is 0 Å². The predicted molar refractivity (Wildman–Crippen MR) is 82.3 cm³/mol. The Balaban J connectivity index is 1.72. The molecular formula is C16H25N3O. The number of ether oxygens (including phenoxy) is 1. The van der Waals surface area contributed by atoms with E-state index >= 15 is 0 Å². The number of rotatable bonds is 3. The highest BCUT2D eigenvalue weighted by atomic mass is 16.5. The van der Waals surface area contributed by atoms with Crippen molar-refractivity contribution < 1.29 is 4.74 Å². The van der Waals surface area contributed by atoms with Crippen LogP contribution in [0.25, 0.3) is 0 Å². The summed E-state index contributed by atoms with van der Waals surface area (Å²) in [6.45, 7) is 10.5. The molecule has 1 atom stereocenters. The van der Waals surface area contributed by atoms with Gasteiger partial charge in [0.05, 0.1) is 13.2 Å². The van der Waals surface area contributed by atoms with Crippen LogP contribution in [0.15, 0.2) is 24.3 Å². The van der Waals surface area contributed by atoms with E-state index in [4.69, 9.17) is 4.74 Å². The van der Waals surface area contributed by atoms with E-state index in [0.717, 1.165) is 52.5 Å². The van der Waals surface area contributed by atoms with E-state index in [1.807, 2.05) is 0 Å². The molecule has 2 aliphatic rings. The zero-order chi connectivity index (χ0) is 13.8. The van der Waals surface area contributed by atoms with Crippen LogP contribution in [0.1, 0.15) is 18.5 Å². The maximum absolute atomic E-state index is 5.45. The second-order valence-corrected chi connectivity index (χ2v) is 5.66. The summed E-state index contributed by atoms with van der Waals surface area (Å²) in [5.74, 6) is 0. The zero-order valence-electron chi connectivity index (χ0n) is 12.3. The molecular weight excluding hydrogens is 250 g/mol. The third-order valence-electron chi connectivity index (χ3n) is 4.43. The van der Waals surface area contributed by atoms with Gasteiger partial charge in [-0.15, -0.1) is 0 Å². The summed E-state index contributed by atoms with van der Waals surface area (Å²) in [5.41, 5.74) is 2.78. The lowest BCUT2D eigenvalue weighted by Gasteiger charge is -2.34. The van der Waals surface area contributed by atoms with Crippen LogP contribution < -0.4 is 10.2 Å². The molecule has 4 nitrogen and oxygen atoms in total. The normalized spacial score (nSPS) is 22.8. The molecule has 0 aliphatic carbocycles. The van der Waals surface area contributed by atoms with Crippen LogP contribution in [-0.2, 0) is 4.74 Å². The van der Waals surface area contributed by atoms with Gasteiger partial charge in [0.1, 0.15) is 0 Å². The summed E-state index contributed by atoms with van der Waals surface area (Å²) in [6.07, 6.45) is 0.